The van der Waals surface area contributed by atoms with Gasteiger partial charge in [-0.25, -0.2) is 4.79 Å². The quantitative estimate of drug-likeness (QED) is 0.544. The van der Waals surface area contributed by atoms with Crippen molar-refractivity contribution in [2.24, 2.45) is 16.7 Å². The Morgan fingerprint density at radius 1 is 1.21 bits per heavy atom. The Morgan fingerprint density at radius 2 is 2.03 bits per heavy atom. The molecule has 0 amide bonds. The number of furan rings is 1. The van der Waals surface area contributed by atoms with Crippen molar-refractivity contribution in [3.8, 4) is 0 Å². The van der Waals surface area contributed by atoms with Gasteiger partial charge < -0.3 is 28.5 Å². The van der Waals surface area contributed by atoms with E-state index >= 15 is 0 Å². The fourth-order valence-corrected chi connectivity index (χ4v) is 8.20. The molecule has 2 saturated carbocycles. The average molecular weight is 456 g/mol. The van der Waals surface area contributed by atoms with Gasteiger partial charge in [0.25, 0.3) is 0 Å². The SMILES string of the molecule is CC1(C)O[C@](O)(C[C@]23O[C@H]2CC[C@]24C[C@@]23C(=O)O[C@H]4c2ccoc2)C[C@@H]1[C@]1(C)C=CC(=O)O1. The summed E-state index contributed by atoms with van der Waals surface area (Å²) in [7, 11) is 0. The molecule has 5 heterocycles. The Labute approximate surface area is 191 Å². The van der Waals surface area contributed by atoms with Crippen LogP contribution in [0.4, 0.5) is 0 Å². The van der Waals surface area contributed by atoms with Crippen LogP contribution in [0, 0.1) is 16.7 Å². The van der Waals surface area contributed by atoms with E-state index in [0.29, 0.717) is 6.42 Å². The smallest absolute Gasteiger partial charge is 0.331 e. The van der Waals surface area contributed by atoms with Crippen molar-refractivity contribution >= 4 is 11.9 Å². The molecule has 0 radical (unpaired) electrons. The number of aliphatic hydroxyl groups is 1. The van der Waals surface area contributed by atoms with Crippen LogP contribution in [0.1, 0.15) is 64.5 Å². The molecule has 3 saturated heterocycles. The average Bonchev–Trinajstić information content (AvgIpc) is 3.33. The molecule has 2 aliphatic carbocycles. The fraction of sp³-hybridized carbons (Fsp3) is 0.680. The number of esters is 2. The van der Waals surface area contributed by atoms with E-state index in [9.17, 15) is 14.7 Å². The second-order valence-corrected chi connectivity index (χ2v) is 11.6. The van der Waals surface area contributed by atoms with Gasteiger partial charge in [-0.3, -0.25) is 4.79 Å². The molecule has 4 aliphatic heterocycles. The van der Waals surface area contributed by atoms with Crippen LogP contribution in [-0.4, -0.2) is 45.7 Å². The molecule has 6 aliphatic rings. The number of cyclic esters (lactones) is 2. The van der Waals surface area contributed by atoms with Crippen LogP contribution >= 0.6 is 0 Å². The highest BCUT2D eigenvalue weighted by Crippen LogP contribution is 2.88. The van der Waals surface area contributed by atoms with Crippen LogP contribution < -0.4 is 0 Å². The molecule has 1 aromatic rings. The summed E-state index contributed by atoms with van der Waals surface area (Å²) in [5.74, 6) is -2.40. The maximum atomic E-state index is 13.4. The van der Waals surface area contributed by atoms with Crippen molar-refractivity contribution in [3.63, 3.8) is 0 Å². The fourth-order valence-electron chi connectivity index (χ4n) is 8.20. The minimum absolute atomic E-state index is 0.0987. The van der Waals surface area contributed by atoms with Gasteiger partial charge in [-0.05, 0) is 52.2 Å². The largest absolute Gasteiger partial charge is 0.472 e. The Bertz CT molecular complexity index is 1110. The highest BCUT2D eigenvalue weighted by Gasteiger charge is 2.95. The van der Waals surface area contributed by atoms with Crippen molar-refractivity contribution in [1.82, 2.24) is 0 Å². The van der Waals surface area contributed by atoms with Gasteiger partial charge in [-0.2, -0.15) is 0 Å². The molecule has 5 fully saturated rings. The highest BCUT2D eigenvalue weighted by atomic mass is 16.7. The predicted octanol–water partition coefficient (Wildman–Crippen LogP) is 2.95. The molecular weight excluding hydrogens is 428 g/mol. The van der Waals surface area contributed by atoms with Gasteiger partial charge in [0.2, 0.25) is 0 Å². The van der Waals surface area contributed by atoms with Crippen LogP contribution in [0.2, 0.25) is 0 Å². The van der Waals surface area contributed by atoms with E-state index in [1.54, 1.807) is 18.6 Å². The molecule has 33 heavy (non-hydrogen) atoms. The lowest BCUT2D eigenvalue weighted by Crippen LogP contribution is -2.47. The van der Waals surface area contributed by atoms with E-state index in [0.717, 1.165) is 18.4 Å². The number of carbonyl (C=O) groups excluding carboxylic acids is 2. The molecule has 176 valence electrons. The monoisotopic (exact) mass is 456 g/mol. The standard InChI is InChI=1S/C25H28O8/c1-20(2)15(21(3)7-5-17(26)32-21)10-23(28,33-20)13-25-16(31-25)4-8-22-12-24(22,25)19(27)30-18(22)14-6-9-29-11-14/h5-7,9,11,15-16,18,28H,4,8,10,12-13H2,1-3H3/t15-,16-,18-,21-,22+,23-,24+,25-/m0/s1. The Kier molecular flexibility index (Phi) is 3.41. The minimum atomic E-state index is -1.51. The molecule has 8 nitrogen and oxygen atoms in total. The minimum Gasteiger partial charge on any atom is -0.472 e. The number of hydrogen-bond donors (Lipinski definition) is 1. The molecule has 0 bridgehead atoms. The first-order valence-corrected chi connectivity index (χ1v) is 11.8. The Hall–Kier alpha value is -2.16. The van der Waals surface area contributed by atoms with Crippen LogP contribution in [0.3, 0.4) is 0 Å². The van der Waals surface area contributed by atoms with E-state index in [1.807, 2.05) is 26.8 Å². The second kappa shape index (κ2) is 5.56. The lowest BCUT2D eigenvalue weighted by molar-refractivity contribution is -0.231. The third-order valence-electron chi connectivity index (χ3n) is 9.53. The summed E-state index contributed by atoms with van der Waals surface area (Å²) in [4.78, 5) is 25.2. The maximum Gasteiger partial charge on any atom is 0.331 e. The van der Waals surface area contributed by atoms with Crippen molar-refractivity contribution in [1.29, 1.82) is 0 Å². The molecule has 8 heteroatoms. The lowest BCUT2D eigenvalue weighted by Gasteiger charge is -2.36. The topological polar surface area (TPSA) is 108 Å². The van der Waals surface area contributed by atoms with E-state index < -0.39 is 28.0 Å². The predicted molar refractivity (Wildman–Crippen MR) is 110 cm³/mol. The molecule has 1 N–H and O–H groups in total. The molecule has 0 spiro atoms. The van der Waals surface area contributed by atoms with Gasteiger partial charge in [0.1, 0.15) is 22.7 Å². The van der Waals surface area contributed by atoms with Crippen LogP contribution in [0.15, 0.2) is 35.2 Å². The van der Waals surface area contributed by atoms with Gasteiger partial charge in [0.15, 0.2) is 5.79 Å². The summed E-state index contributed by atoms with van der Waals surface area (Å²) < 4.78 is 29.4. The maximum absolute atomic E-state index is 13.4. The zero-order valence-corrected chi connectivity index (χ0v) is 19.0. The van der Waals surface area contributed by atoms with E-state index in [1.165, 1.54) is 6.08 Å². The van der Waals surface area contributed by atoms with Crippen molar-refractivity contribution in [2.45, 2.75) is 87.7 Å². The number of rotatable bonds is 4. The number of hydrogen-bond acceptors (Lipinski definition) is 8. The second-order valence-electron chi connectivity index (χ2n) is 11.6. The van der Waals surface area contributed by atoms with E-state index in [2.05, 4.69) is 0 Å². The molecule has 1 aromatic heterocycles. The van der Waals surface area contributed by atoms with Crippen molar-refractivity contribution < 1.29 is 38.1 Å². The first-order valence-electron chi connectivity index (χ1n) is 11.8. The highest BCUT2D eigenvalue weighted by molar-refractivity contribution is 5.89. The summed E-state index contributed by atoms with van der Waals surface area (Å²) in [6, 6.07) is 1.85. The van der Waals surface area contributed by atoms with Crippen molar-refractivity contribution in [2.75, 3.05) is 0 Å². The summed E-state index contributed by atoms with van der Waals surface area (Å²) >= 11 is 0. The first-order chi connectivity index (χ1) is 15.5. The molecular formula is C25H28O8. The van der Waals surface area contributed by atoms with Crippen molar-refractivity contribution in [3.05, 3.63) is 36.3 Å². The summed E-state index contributed by atoms with van der Waals surface area (Å²) in [6.45, 7) is 5.66. The number of epoxide rings is 1. The zero-order valence-electron chi connectivity index (χ0n) is 19.0. The lowest BCUT2D eigenvalue weighted by atomic mass is 9.67. The van der Waals surface area contributed by atoms with Gasteiger partial charge in [-0.15, -0.1) is 0 Å². The summed E-state index contributed by atoms with van der Waals surface area (Å²) in [5, 5.41) is 11.7. The first kappa shape index (κ1) is 20.2. The molecule has 0 aromatic carbocycles. The summed E-state index contributed by atoms with van der Waals surface area (Å²) in [5.41, 5.74) is -2.64. The summed E-state index contributed by atoms with van der Waals surface area (Å²) in [6.07, 6.45) is 8.77. The number of carbonyl (C=O) groups is 2. The van der Waals surface area contributed by atoms with Crippen LogP contribution in [0.25, 0.3) is 0 Å². The molecule has 0 unspecified atom stereocenters. The third kappa shape index (κ3) is 2.23. The van der Waals surface area contributed by atoms with Gasteiger partial charge in [0.05, 0.1) is 24.2 Å². The normalized spacial score (nSPS) is 52.7. The van der Waals surface area contributed by atoms with E-state index in [4.69, 9.17) is 23.4 Å². The number of fused-ring (bicyclic) bond motifs is 1. The van der Waals surface area contributed by atoms with Crippen LogP contribution in [-0.2, 0) is 28.5 Å². The zero-order chi connectivity index (χ0) is 23.1. The molecule has 8 atom stereocenters. The van der Waals surface area contributed by atoms with Gasteiger partial charge >= 0.3 is 11.9 Å². The van der Waals surface area contributed by atoms with Crippen LogP contribution in [0.5, 0.6) is 0 Å². The van der Waals surface area contributed by atoms with Gasteiger partial charge in [-0.1, -0.05) is 0 Å². The number of ether oxygens (including phenoxy) is 4. The van der Waals surface area contributed by atoms with Gasteiger partial charge in [0, 0.05) is 35.8 Å². The third-order valence-corrected chi connectivity index (χ3v) is 9.53. The Morgan fingerprint density at radius 3 is 2.73 bits per heavy atom. The Balaban J connectivity index is 1.21. The van der Waals surface area contributed by atoms with E-state index in [-0.39, 0.29) is 48.3 Å². The molecule has 7 rings (SSSR count).